The third-order valence-electron chi connectivity index (χ3n) is 5.26. The summed E-state index contributed by atoms with van der Waals surface area (Å²) in [6.07, 6.45) is 3.01. The minimum absolute atomic E-state index is 0.386. The van der Waals surface area contributed by atoms with Crippen LogP contribution in [0.5, 0.6) is 0 Å². The molecule has 3 aliphatic rings. The second kappa shape index (κ2) is 3.69. The summed E-state index contributed by atoms with van der Waals surface area (Å²) >= 11 is 0. The second-order valence-electron chi connectivity index (χ2n) is 6.31. The number of fused-ring (bicyclic) bond motifs is 1. The molecule has 1 N–H and O–H groups in total. The van der Waals surface area contributed by atoms with E-state index in [9.17, 15) is 0 Å². The molecule has 2 unspecified atom stereocenters. The Labute approximate surface area is 98.5 Å². The van der Waals surface area contributed by atoms with Crippen molar-refractivity contribution >= 4 is 0 Å². The van der Waals surface area contributed by atoms with Gasteiger partial charge in [0, 0.05) is 31.8 Å². The van der Waals surface area contributed by atoms with Crippen LogP contribution in [0.4, 0.5) is 0 Å². The monoisotopic (exact) mass is 224 g/mol. The minimum Gasteiger partial charge on any atom is -0.381 e. The lowest BCUT2D eigenvalue weighted by Crippen LogP contribution is -2.55. The molecule has 2 aliphatic heterocycles. The van der Waals surface area contributed by atoms with Crippen LogP contribution in [0.15, 0.2) is 0 Å². The first-order valence-electron chi connectivity index (χ1n) is 6.63. The molecule has 3 rings (SSSR count). The van der Waals surface area contributed by atoms with Gasteiger partial charge in [0.25, 0.3) is 0 Å². The third-order valence-corrected chi connectivity index (χ3v) is 5.26. The largest absolute Gasteiger partial charge is 0.381 e. The van der Waals surface area contributed by atoms with Crippen LogP contribution in [0, 0.1) is 11.8 Å². The fourth-order valence-electron chi connectivity index (χ4n) is 4.06. The molecule has 0 radical (unpaired) electrons. The number of nitrogens with zero attached hydrogens (tertiary/aromatic N) is 1. The molecule has 0 aromatic carbocycles. The Bertz CT molecular complexity index is 273. The van der Waals surface area contributed by atoms with Crippen molar-refractivity contribution in [2.75, 3.05) is 26.7 Å². The van der Waals surface area contributed by atoms with Crippen molar-refractivity contribution in [1.29, 1.82) is 0 Å². The SMILES string of the molecule is COC1CC(N2CC3CNCC3C2(C)C)C1. The van der Waals surface area contributed by atoms with E-state index in [1.54, 1.807) is 0 Å². The molecule has 0 spiro atoms. The molecule has 3 nitrogen and oxygen atoms in total. The molecule has 3 heteroatoms. The summed E-state index contributed by atoms with van der Waals surface area (Å²) in [6.45, 7) is 8.61. The lowest BCUT2D eigenvalue weighted by molar-refractivity contribution is -0.0508. The number of methoxy groups -OCH3 is 1. The summed E-state index contributed by atoms with van der Waals surface area (Å²) in [7, 11) is 1.84. The maximum atomic E-state index is 5.40. The molecule has 0 amide bonds. The Morgan fingerprint density at radius 1 is 1.25 bits per heavy atom. The number of hydrogen-bond acceptors (Lipinski definition) is 3. The van der Waals surface area contributed by atoms with Crippen molar-refractivity contribution in [3.8, 4) is 0 Å². The molecule has 2 saturated heterocycles. The molecule has 2 heterocycles. The first kappa shape index (κ1) is 11.0. The zero-order valence-electron chi connectivity index (χ0n) is 10.7. The van der Waals surface area contributed by atoms with Crippen LogP contribution in [0.1, 0.15) is 26.7 Å². The maximum absolute atomic E-state index is 5.40. The lowest BCUT2D eigenvalue weighted by atomic mass is 9.81. The summed E-state index contributed by atoms with van der Waals surface area (Å²) in [5.74, 6) is 1.74. The molecule has 16 heavy (non-hydrogen) atoms. The van der Waals surface area contributed by atoms with Crippen molar-refractivity contribution in [2.24, 2.45) is 11.8 Å². The lowest BCUT2D eigenvalue weighted by Gasteiger charge is -2.47. The Balaban J connectivity index is 1.69. The predicted octanol–water partition coefficient (Wildman–Crippen LogP) is 1.09. The van der Waals surface area contributed by atoms with Crippen LogP contribution in [0.2, 0.25) is 0 Å². The quantitative estimate of drug-likeness (QED) is 0.760. The van der Waals surface area contributed by atoms with Crippen molar-refractivity contribution < 1.29 is 4.74 Å². The number of likely N-dealkylation sites (tertiary alicyclic amines) is 1. The van der Waals surface area contributed by atoms with E-state index in [4.69, 9.17) is 4.74 Å². The molecule has 0 aromatic heterocycles. The third kappa shape index (κ3) is 1.45. The van der Waals surface area contributed by atoms with E-state index >= 15 is 0 Å². The highest BCUT2D eigenvalue weighted by Gasteiger charge is 2.53. The van der Waals surface area contributed by atoms with Gasteiger partial charge in [0.2, 0.25) is 0 Å². The number of ether oxygens (including phenoxy) is 1. The van der Waals surface area contributed by atoms with Gasteiger partial charge in [-0.15, -0.1) is 0 Å². The van der Waals surface area contributed by atoms with Gasteiger partial charge in [0.1, 0.15) is 0 Å². The normalized spacial score (nSPS) is 46.7. The topological polar surface area (TPSA) is 24.5 Å². The standard InChI is InChI=1S/C13H24N2O/c1-13(2)12-7-14-6-9(12)8-15(13)10-4-11(5-10)16-3/h9-12,14H,4-8H2,1-3H3. The summed E-state index contributed by atoms with van der Waals surface area (Å²) in [5, 5.41) is 3.54. The highest BCUT2D eigenvalue weighted by molar-refractivity contribution is 5.08. The van der Waals surface area contributed by atoms with Gasteiger partial charge < -0.3 is 10.1 Å². The van der Waals surface area contributed by atoms with E-state index in [1.165, 1.54) is 32.5 Å². The summed E-state index contributed by atoms with van der Waals surface area (Å²) in [5.41, 5.74) is 0.386. The second-order valence-corrected chi connectivity index (χ2v) is 6.31. The van der Waals surface area contributed by atoms with Crippen molar-refractivity contribution in [3.05, 3.63) is 0 Å². The predicted molar refractivity (Wildman–Crippen MR) is 64.5 cm³/mol. The zero-order chi connectivity index (χ0) is 11.3. The van der Waals surface area contributed by atoms with Gasteiger partial charge >= 0.3 is 0 Å². The average Bonchev–Trinajstić information content (AvgIpc) is 2.69. The Hall–Kier alpha value is -0.120. The fourth-order valence-corrected chi connectivity index (χ4v) is 4.06. The van der Waals surface area contributed by atoms with E-state index in [-0.39, 0.29) is 0 Å². The molecule has 1 saturated carbocycles. The first-order valence-corrected chi connectivity index (χ1v) is 6.63. The van der Waals surface area contributed by atoms with E-state index in [0.717, 1.165) is 17.9 Å². The molecule has 0 bridgehead atoms. The van der Waals surface area contributed by atoms with Gasteiger partial charge in [-0.3, -0.25) is 4.90 Å². The van der Waals surface area contributed by atoms with Crippen LogP contribution < -0.4 is 5.32 Å². The maximum Gasteiger partial charge on any atom is 0.0601 e. The van der Waals surface area contributed by atoms with Crippen LogP contribution >= 0.6 is 0 Å². The van der Waals surface area contributed by atoms with Crippen LogP contribution in [-0.4, -0.2) is 49.3 Å². The van der Waals surface area contributed by atoms with E-state index in [1.807, 2.05) is 7.11 Å². The van der Waals surface area contributed by atoms with E-state index in [0.29, 0.717) is 11.6 Å². The van der Waals surface area contributed by atoms with Crippen LogP contribution in [0.25, 0.3) is 0 Å². The number of nitrogens with one attached hydrogen (secondary N) is 1. The fraction of sp³-hybridized carbons (Fsp3) is 1.00. The molecule has 0 aromatic rings. The highest BCUT2D eigenvalue weighted by Crippen LogP contribution is 2.45. The first-order chi connectivity index (χ1) is 7.63. The van der Waals surface area contributed by atoms with Gasteiger partial charge in [-0.1, -0.05) is 0 Å². The highest BCUT2D eigenvalue weighted by atomic mass is 16.5. The molecule has 92 valence electrons. The molecule has 2 atom stereocenters. The van der Waals surface area contributed by atoms with Crippen LogP contribution in [-0.2, 0) is 4.74 Å². The molecule has 3 fully saturated rings. The van der Waals surface area contributed by atoms with Crippen LogP contribution in [0.3, 0.4) is 0 Å². The van der Waals surface area contributed by atoms with Crippen molar-refractivity contribution in [2.45, 2.75) is 44.4 Å². The van der Waals surface area contributed by atoms with E-state index in [2.05, 4.69) is 24.1 Å². The number of rotatable bonds is 2. The molecular weight excluding hydrogens is 200 g/mol. The summed E-state index contributed by atoms with van der Waals surface area (Å²) in [6, 6.07) is 0.783. The Kier molecular flexibility index (Phi) is 2.54. The zero-order valence-corrected chi connectivity index (χ0v) is 10.7. The molecular formula is C13H24N2O. The van der Waals surface area contributed by atoms with Crippen molar-refractivity contribution in [3.63, 3.8) is 0 Å². The van der Waals surface area contributed by atoms with Gasteiger partial charge in [-0.05, 0) is 45.1 Å². The average molecular weight is 224 g/mol. The van der Waals surface area contributed by atoms with E-state index < -0.39 is 0 Å². The Morgan fingerprint density at radius 2 is 2.00 bits per heavy atom. The summed E-state index contributed by atoms with van der Waals surface area (Å²) in [4.78, 5) is 2.76. The van der Waals surface area contributed by atoms with Gasteiger partial charge in [-0.2, -0.15) is 0 Å². The van der Waals surface area contributed by atoms with Gasteiger partial charge in [0.15, 0.2) is 0 Å². The summed E-state index contributed by atoms with van der Waals surface area (Å²) < 4.78 is 5.40. The molecule has 1 aliphatic carbocycles. The minimum atomic E-state index is 0.386. The smallest absolute Gasteiger partial charge is 0.0601 e. The van der Waals surface area contributed by atoms with Gasteiger partial charge in [0.05, 0.1) is 6.10 Å². The van der Waals surface area contributed by atoms with Gasteiger partial charge in [-0.25, -0.2) is 0 Å². The number of hydrogen-bond donors (Lipinski definition) is 1. The van der Waals surface area contributed by atoms with Crippen molar-refractivity contribution in [1.82, 2.24) is 10.2 Å². The Morgan fingerprint density at radius 3 is 2.62 bits per heavy atom.